The van der Waals surface area contributed by atoms with Crippen molar-refractivity contribution in [3.05, 3.63) is 107 Å². The van der Waals surface area contributed by atoms with Crippen molar-refractivity contribution in [3.8, 4) is 17.3 Å². The van der Waals surface area contributed by atoms with E-state index < -0.39 is 6.10 Å². The van der Waals surface area contributed by atoms with Crippen LogP contribution in [0, 0.1) is 13.8 Å². The summed E-state index contributed by atoms with van der Waals surface area (Å²) in [7, 11) is 0. The molecule has 1 aliphatic rings. The van der Waals surface area contributed by atoms with Gasteiger partial charge in [-0.25, -0.2) is 4.68 Å². The average molecular weight is 468 g/mol. The first-order chi connectivity index (χ1) is 17.1. The topological polar surface area (TPSA) is 50.5 Å². The lowest BCUT2D eigenvalue weighted by Gasteiger charge is -2.25. The number of ether oxygens (including phenoxy) is 1. The van der Waals surface area contributed by atoms with Crippen LogP contribution in [0.25, 0.3) is 5.69 Å². The Bertz CT molecular complexity index is 1230. The van der Waals surface area contributed by atoms with Crippen molar-refractivity contribution in [2.24, 2.45) is 0 Å². The highest BCUT2D eigenvalue weighted by atomic mass is 16.5. The molecule has 5 heteroatoms. The maximum absolute atomic E-state index is 10.9. The largest absolute Gasteiger partial charge is 0.439 e. The van der Waals surface area contributed by atoms with Gasteiger partial charge in [-0.3, -0.25) is 4.90 Å². The van der Waals surface area contributed by atoms with E-state index in [1.165, 1.54) is 5.56 Å². The zero-order chi connectivity index (χ0) is 24.2. The van der Waals surface area contributed by atoms with Crippen molar-refractivity contribution in [2.75, 3.05) is 6.54 Å². The fraction of sp³-hybridized carbons (Fsp3) is 0.300. The van der Waals surface area contributed by atoms with Crippen LogP contribution in [0.2, 0.25) is 0 Å². The predicted octanol–water partition coefficient (Wildman–Crippen LogP) is 5.85. The Balaban J connectivity index is 1.43. The van der Waals surface area contributed by atoms with Gasteiger partial charge in [-0.2, -0.15) is 5.10 Å². The molecule has 1 atom stereocenters. The molecule has 0 unspecified atom stereocenters. The van der Waals surface area contributed by atoms with Gasteiger partial charge >= 0.3 is 0 Å². The molecule has 1 heterocycles. The summed E-state index contributed by atoms with van der Waals surface area (Å²) >= 11 is 0. The molecule has 5 rings (SSSR count). The van der Waals surface area contributed by atoms with Crippen molar-refractivity contribution < 1.29 is 9.84 Å². The van der Waals surface area contributed by atoms with E-state index in [0.29, 0.717) is 25.6 Å². The third-order valence-electron chi connectivity index (χ3n) is 6.56. The molecule has 0 aliphatic heterocycles. The Morgan fingerprint density at radius 3 is 2.26 bits per heavy atom. The number of aryl methyl sites for hydroxylation is 2. The molecule has 0 saturated heterocycles. The molecule has 0 bridgehead atoms. The van der Waals surface area contributed by atoms with E-state index in [2.05, 4.69) is 36.1 Å². The van der Waals surface area contributed by atoms with Crippen LogP contribution in [-0.4, -0.2) is 38.5 Å². The molecule has 0 radical (unpaired) electrons. The standard InChI is InChI=1S/C30H33N3O2/c1-22-13-17-28(18-14-22)35-30-29(23(2)31-33(30)26-11-7-4-8-12-26)21-32(25-15-16-25)20-27(34)19-24-9-5-3-6-10-24/h3-14,17-18,25,27,34H,15-16,19-21H2,1-2H3/t27-/m1/s1. The van der Waals surface area contributed by atoms with E-state index in [4.69, 9.17) is 9.84 Å². The van der Waals surface area contributed by atoms with Crippen molar-refractivity contribution >= 4 is 0 Å². The number of rotatable bonds is 10. The smallest absolute Gasteiger partial charge is 0.227 e. The van der Waals surface area contributed by atoms with Crippen LogP contribution in [0.15, 0.2) is 84.9 Å². The van der Waals surface area contributed by atoms with Crippen molar-refractivity contribution in [1.29, 1.82) is 0 Å². The second-order valence-electron chi connectivity index (χ2n) is 9.54. The SMILES string of the molecule is Cc1ccc(Oc2c(CN(C[C@H](O)Cc3ccccc3)C3CC3)c(C)nn2-c2ccccc2)cc1. The van der Waals surface area contributed by atoms with Gasteiger partial charge in [-0.1, -0.05) is 66.2 Å². The molecule has 1 aliphatic carbocycles. The lowest BCUT2D eigenvalue weighted by Crippen LogP contribution is -2.35. The molecular formula is C30H33N3O2. The molecule has 3 aromatic carbocycles. The van der Waals surface area contributed by atoms with Gasteiger partial charge in [-0.15, -0.1) is 0 Å². The van der Waals surface area contributed by atoms with Gasteiger partial charge in [0, 0.05) is 19.1 Å². The fourth-order valence-corrected chi connectivity index (χ4v) is 4.49. The number of aliphatic hydroxyl groups is 1. The highest BCUT2D eigenvalue weighted by Crippen LogP contribution is 2.35. The highest BCUT2D eigenvalue weighted by Gasteiger charge is 2.32. The summed E-state index contributed by atoms with van der Waals surface area (Å²) in [6.45, 7) is 5.43. The first-order valence-electron chi connectivity index (χ1n) is 12.4. The Hall–Kier alpha value is -3.41. The summed E-state index contributed by atoms with van der Waals surface area (Å²) < 4.78 is 8.38. The minimum atomic E-state index is -0.427. The number of aliphatic hydroxyl groups excluding tert-OH is 1. The Kier molecular flexibility index (Phi) is 6.98. The van der Waals surface area contributed by atoms with E-state index in [-0.39, 0.29) is 0 Å². The van der Waals surface area contributed by atoms with Gasteiger partial charge in [-0.05, 0) is 62.9 Å². The van der Waals surface area contributed by atoms with E-state index in [0.717, 1.165) is 47.0 Å². The molecular weight excluding hydrogens is 434 g/mol. The zero-order valence-corrected chi connectivity index (χ0v) is 20.5. The second kappa shape index (κ2) is 10.5. The van der Waals surface area contributed by atoms with Crippen LogP contribution in [0.3, 0.4) is 0 Å². The van der Waals surface area contributed by atoms with E-state index in [9.17, 15) is 5.11 Å². The number of nitrogens with zero attached hydrogens (tertiary/aromatic N) is 3. The Morgan fingerprint density at radius 2 is 1.60 bits per heavy atom. The van der Waals surface area contributed by atoms with Crippen LogP contribution in [0.4, 0.5) is 0 Å². The van der Waals surface area contributed by atoms with Gasteiger partial charge in [0.2, 0.25) is 5.88 Å². The molecule has 5 nitrogen and oxygen atoms in total. The van der Waals surface area contributed by atoms with Crippen LogP contribution in [0.5, 0.6) is 11.6 Å². The second-order valence-corrected chi connectivity index (χ2v) is 9.54. The molecule has 1 N–H and O–H groups in total. The molecule has 0 amide bonds. The molecule has 4 aromatic rings. The fourth-order valence-electron chi connectivity index (χ4n) is 4.49. The monoisotopic (exact) mass is 467 g/mol. The van der Waals surface area contributed by atoms with Gasteiger partial charge < -0.3 is 9.84 Å². The predicted molar refractivity (Wildman–Crippen MR) is 139 cm³/mol. The third kappa shape index (κ3) is 5.81. The molecule has 35 heavy (non-hydrogen) atoms. The quantitative estimate of drug-likeness (QED) is 0.318. The maximum Gasteiger partial charge on any atom is 0.227 e. The number of hydrogen-bond acceptors (Lipinski definition) is 4. The van der Waals surface area contributed by atoms with Crippen LogP contribution >= 0.6 is 0 Å². The summed E-state index contributed by atoms with van der Waals surface area (Å²) in [6, 6.07) is 28.9. The third-order valence-corrected chi connectivity index (χ3v) is 6.56. The van der Waals surface area contributed by atoms with Crippen molar-refractivity contribution in [3.63, 3.8) is 0 Å². The van der Waals surface area contributed by atoms with Gasteiger partial charge in [0.1, 0.15) is 5.75 Å². The van der Waals surface area contributed by atoms with Gasteiger partial charge in [0.25, 0.3) is 0 Å². The normalized spacial score (nSPS) is 14.3. The number of para-hydroxylation sites is 1. The summed E-state index contributed by atoms with van der Waals surface area (Å²) in [4.78, 5) is 2.40. The number of aromatic nitrogens is 2. The first kappa shape index (κ1) is 23.3. The van der Waals surface area contributed by atoms with Crippen LogP contribution in [-0.2, 0) is 13.0 Å². The summed E-state index contributed by atoms with van der Waals surface area (Å²) in [6.07, 6.45) is 2.55. The maximum atomic E-state index is 10.9. The van der Waals surface area contributed by atoms with E-state index >= 15 is 0 Å². The molecule has 1 aromatic heterocycles. The van der Waals surface area contributed by atoms with Crippen LogP contribution < -0.4 is 4.74 Å². The molecule has 1 saturated carbocycles. The van der Waals surface area contributed by atoms with Crippen molar-refractivity contribution in [2.45, 2.75) is 51.8 Å². The minimum Gasteiger partial charge on any atom is -0.439 e. The van der Waals surface area contributed by atoms with Gasteiger partial charge in [0.15, 0.2) is 0 Å². The van der Waals surface area contributed by atoms with E-state index in [1.54, 1.807) is 0 Å². The number of hydrogen-bond donors (Lipinski definition) is 1. The average Bonchev–Trinajstić information content (AvgIpc) is 3.67. The lowest BCUT2D eigenvalue weighted by atomic mass is 10.1. The number of benzene rings is 3. The molecule has 0 spiro atoms. The Morgan fingerprint density at radius 1 is 0.943 bits per heavy atom. The van der Waals surface area contributed by atoms with Crippen LogP contribution in [0.1, 0.15) is 35.2 Å². The highest BCUT2D eigenvalue weighted by molar-refractivity contribution is 5.43. The first-order valence-corrected chi connectivity index (χ1v) is 12.4. The minimum absolute atomic E-state index is 0.427. The lowest BCUT2D eigenvalue weighted by molar-refractivity contribution is 0.103. The Labute approximate surface area is 207 Å². The van der Waals surface area contributed by atoms with Crippen molar-refractivity contribution in [1.82, 2.24) is 14.7 Å². The zero-order valence-electron chi connectivity index (χ0n) is 20.5. The van der Waals surface area contributed by atoms with Gasteiger partial charge in [0.05, 0.1) is 23.0 Å². The molecule has 180 valence electrons. The molecule has 1 fully saturated rings. The summed E-state index contributed by atoms with van der Waals surface area (Å²) in [5.41, 5.74) is 5.32. The summed E-state index contributed by atoms with van der Waals surface area (Å²) in [5.74, 6) is 1.52. The van der Waals surface area contributed by atoms with E-state index in [1.807, 2.05) is 72.3 Å². The summed E-state index contributed by atoms with van der Waals surface area (Å²) in [5, 5.41) is 15.8.